The summed E-state index contributed by atoms with van der Waals surface area (Å²) in [6.07, 6.45) is 3.75. The molecule has 0 aromatic heterocycles. The second-order valence-corrected chi connectivity index (χ2v) is 7.19. The van der Waals surface area contributed by atoms with Gasteiger partial charge in [0.25, 0.3) is 0 Å². The molecule has 1 aliphatic carbocycles. The number of rotatable bonds is 6. The Morgan fingerprint density at radius 3 is 2.92 bits per heavy atom. The molecule has 2 fully saturated rings. The number of aliphatic imine (C=N–C) groups is 1. The van der Waals surface area contributed by atoms with E-state index in [1.54, 1.807) is 19.2 Å². The minimum absolute atomic E-state index is 0.0918. The molecule has 1 heterocycles. The molecule has 1 saturated heterocycles. The fourth-order valence-electron chi connectivity index (χ4n) is 3.52. The summed E-state index contributed by atoms with van der Waals surface area (Å²) in [4.78, 5) is 6.93. The smallest absolute Gasteiger partial charge is 0.191 e. The predicted molar refractivity (Wildman–Crippen MR) is 98.6 cm³/mol. The minimum atomic E-state index is -0.286. The van der Waals surface area contributed by atoms with Gasteiger partial charge in [0.05, 0.1) is 6.54 Å². The molecule has 3 atom stereocenters. The van der Waals surface area contributed by atoms with Crippen LogP contribution in [0.5, 0.6) is 5.75 Å². The molecular formula is C19H29FN4O. The lowest BCUT2D eigenvalue weighted by Crippen LogP contribution is -2.47. The maximum Gasteiger partial charge on any atom is 0.191 e. The Morgan fingerprint density at radius 2 is 2.24 bits per heavy atom. The van der Waals surface area contributed by atoms with Crippen molar-refractivity contribution in [3.8, 4) is 5.75 Å². The Bertz CT molecular complexity index is 605. The van der Waals surface area contributed by atoms with Crippen molar-refractivity contribution >= 4 is 5.96 Å². The van der Waals surface area contributed by atoms with Gasteiger partial charge in [-0.25, -0.2) is 4.39 Å². The molecule has 1 aromatic carbocycles. The molecule has 0 spiro atoms. The lowest BCUT2D eigenvalue weighted by atomic mass is 10.2. The van der Waals surface area contributed by atoms with Gasteiger partial charge in [0.2, 0.25) is 0 Å². The first kappa shape index (κ1) is 18.0. The largest absolute Gasteiger partial charge is 0.489 e. The number of hydrogen-bond donors (Lipinski definition) is 2. The quantitative estimate of drug-likeness (QED) is 0.612. The van der Waals surface area contributed by atoms with Crippen molar-refractivity contribution in [1.82, 2.24) is 15.5 Å². The molecule has 6 heteroatoms. The molecule has 0 bridgehead atoms. The average molecular weight is 348 g/mol. The lowest BCUT2D eigenvalue weighted by Gasteiger charge is -2.21. The van der Waals surface area contributed by atoms with Gasteiger partial charge in [-0.15, -0.1) is 0 Å². The zero-order valence-electron chi connectivity index (χ0n) is 15.3. The highest BCUT2D eigenvalue weighted by Gasteiger charge is 2.38. The van der Waals surface area contributed by atoms with Crippen LogP contribution >= 0.6 is 0 Å². The van der Waals surface area contributed by atoms with E-state index in [1.165, 1.54) is 25.0 Å². The van der Waals surface area contributed by atoms with Crippen LogP contribution in [0.4, 0.5) is 4.39 Å². The van der Waals surface area contributed by atoms with Crippen LogP contribution in [0, 0.1) is 5.82 Å². The van der Waals surface area contributed by atoms with Crippen LogP contribution in [0.3, 0.4) is 0 Å². The Morgan fingerprint density at radius 1 is 1.44 bits per heavy atom. The van der Waals surface area contributed by atoms with Crippen LogP contribution in [-0.4, -0.2) is 55.2 Å². The number of guanidine groups is 1. The lowest BCUT2D eigenvalue weighted by molar-refractivity contribution is 0.223. The summed E-state index contributed by atoms with van der Waals surface area (Å²) in [6.45, 7) is 5.95. The molecular weight excluding hydrogens is 319 g/mol. The van der Waals surface area contributed by atoms with Gasteiger partial charge in [0, 0.05) is 37.8 Å². The van der Waals surface area contributed by atoms with Gasteiger partial charge >= 0.3 is 0 Å². The van der Waals surface area contributed by atoms with Crippen molar-refractivity contribution in [2.24, 2.45) is 4.99 Å². The van der Waals surface area contributed by atoms with Gasteiger partial charge in [-0.05, 0) is 45.2 Å². The van der Waals surface area contributed by atoms with Crippen LogP contribution in [0.1, 0.15) is 33.1 Å². The average Bonchev–Trinajstić information content (AvgIpc) is 3.35. The first-order valence-electron chi connectivity index (χ1n) is 9.20. The normalized spacial score (nSPS) is 25.7. The summed E-state index contributed by atoms with van der Waals surface area (Å²) in [7, 11) is 1.78. The Hall–Kier alpha value is -1.82. The van der Waals surface area contributed by atoms with E-state index >= 15 is 0 Å². The summed E-state index contributed by atoms with van der Waals surface area (Å²) >= 11 is 0. The number of ether oxygens (including phenoxy) is 1. The van der Waals surface area contributed by atoms with Crippen molar-refractivity contribution in [3.63, 3.8) is 0 Å². The number of halogens is 1. The molecule has 2 aliphatic rings. The SMILES string of the molecule is CN=C(NCC(C)Oc1cccc(F)c1)NC1CC(C)N(C2CC2)C1. The maximum atomic E-state index is 13.2. The first-order valence-corrected chi connectivity index (χ1v) is 9.20. The van der Waals surface area contributed by atoms with Crippen molar-refractivity contribution in [2.45, 2.75) is 57.3 Å². The highest BCUT2D eigenvalue weighted by Crippen LogP contribution is 2.33. The van der Waals surface area contributed by atoms with Crippen molar-refractivity contribution in [1.29, 1.82) is 0 Å². The summed E-state index contributed by atoms with van der Waals surface area (Å²) in [5, 5.41) is 6.83. The molecule has 3 unspecified atom stereocenters. The number of hydrogen-bond acceptors (Lipinski definition) is 3. The van der Waals surface area contributed by atoms with Crippen molar-refractivity contribution in [3.05, 3.63) is 30.1 Å². The van der Waals surface area contributed by atoms with Gasteiger partial charge in [-0.3, -0.25) is 9.89 Å². The molecule has 1 aromatic rings. The topological polar surface area (TPSA) is 48.9 Å². The predicted octanol–water partition coefficient (Wildman–Crippen LogP) is 2.38. The van der Waals surface area contributed by atoms with E-state index in [4.69, 9.17) is 4.74 Å². The Labute approximate surface area is 149 Å². The summed E-state index contributed by atoms with van der Waals surface area (Å²) in [5.41, 5.74) is 0. The van der Waals surface area contributed by atoms with Crippen LogP contribution in [-0.2, 0) is 0 Å². The third-order valence-electron chi connectivity index (χ3n) is 4.89. The molecule has 5 nitrogen and oxygen atoms in total. The molecule has 25 heavy (non-hydrogen) atoms. The molecule has 0 amide bonds. The number of benzene rings is 1. The maximum absolute atomic E-state index is 13.2. The van der Waals surface area contributed by atoms with Crippen LogP contribution in [0.25, 0.3) is 0 Å². The standard InChI is InChI=1S/C19H29FN4O/c1-13-9-16(12-24(13)17-7-8-17)23-19(21-3)22-11-14(2)25-18-6-4-5-15(20)10-18/h4-6,10,13-14,16-17H,7-9,11-12H2,1-3H3,(H2,21,22,23). The zero-order chi connectivity index (χ0) is 17.8. The monoisotopic (exact) mass is 348 g/mol. The molecule has 1 aliphatic heterocycles. The fraction of sp³-hybridized carbons (Fsp3) is 0.632. The summed E-state index contributed by atoms with van der Waals surface area (Å²) in [6, 6.07) is 8.10. The molecule has 2 N–H and O–H groups in total. The van der Waals surface area contributed by atoms with E-state index in [1.807, 2.05) is 6.92 Å². The van der Waals surface area contributed by atoms with E-state index in [9.17, 15) is 4.39 Å². The summed E-state index contributed by atoms with van der Waals surface area (Å²) in [5.74, 6) is 1.05. The number of nitrogens with zero attached hydrogens (tertiary/aromatic N) is 2. The van der Waals surface area contributed by atoms with Gasteiger partial charge < -0.3 is 15.4 Å². The van der Waals surface area contributed by atoms with Gasteiger partial charge in [0.15, 0.2) is 5.96 Å². The van der Waals surface area contributed by atoms with Gasteiger partial charge in [0.1, 0.15) is 17.7 Å². The highest BCUT2D eigenvalue weighted by molar-refractivity contribution is 5.80. The first-order chi connectivity index (χ1) is 12.0. The van der Waals surface area contributed by atoms with E-state index in [0.29, 0.717) is 24.4 Å². The fourth-order valence-corrected chi connectivity index (χ4v) is 3.52. The van der Waals surface area contributed by atoms with Crippen LogP contribution < -0.4 is 15.4 Å². The molecule has 3 rings (SSSR count). The Kier molecular flexibility index (Phi) is 5.78. The minimum Gasteiger partial charge on any atom is -0.489 e. The molecule has 0 radical (unpaired) electrons. The third-order valence-corrected chi connectivity index (χ3v) is 4.89. The van der Waals surface area contributed by atoms with Gasteiger partial charge in [-0.1, -0.05) is 6.07 Å². The third kappa shape index (κ3) is 5.08. The molecule has 1 saturated carbocycles. The zero-order valence-corrected chi connectivity index (χ0v) is 15.3. The molecule has 138 valence electrons. The highest BCUT2D eigenvalue weighted by atomic mass is 19.1. The second-order valence-electron chi connectivity index (χ2n) is 7.19. The van der Waals surface area contributed by atoms with Crippen LogP contribution in [0.2, 0.25) is 0 Å². The second kappa shape index (κ2) is 8.04. The van der Waals surface area contributed by atoms with Crippen molar-refractivity contribution in [2.75, 3.05) is 20.1 Å². The van der Waals surface area contributed by atoms with E-state index in [-0.39, 0.29) is 11.9 Å². The van der Waals surface area contributed by atoms with E-state index in [0.717, 1.165) is 25.0 Å². The number of nitrogens with one attached hydrogen (secondary N) is 2. The van der Waals surface area contributed by atoms with E-state index < -0.39 is 0 Å². The number of likely N-dealkylation sites (tertiary alicyclic amines) is 1. The Balaban J connectivity index is 1.43. The van der Waals surface area contributed by atoms with Gasteiger partial charge in [-0.2, -0.15) is 0 Å². The van der Waals surface area contributed by atoms with E-state index in [2.05, 4.69) is 27.4 Å². The van der Waals surface area contributed by atoms with Crippen LogP contribution in [0.15, 0.2) is 29.3 Å². The summed E-state index contributed by atoms with van der Waals surface area (Å²) < 4.78 is 18.9. The van der Waals surface area contributed by atoms with Crippen molar-refractivity contribution < 1.29 is 9.13 Å².